The van der Waals surface area contributed by atoms with Gasteiger partial charge in [0, 0.05) is 4.90 Å². The average Bonchev–Trinajstić information content (AvgIpc) is 2.29. The minimum Gasteiger partial charge on any atom is -0.465 e. The van der Waals surface area contributed by atoms with Crippen LogP contribution in [0.4, 0.5) is 0 Å². The summed E-state index contributed by atoms with van der Waals surface area (Å²) in [7, 11) is 0. The molecule has 1 unspecified atom stereocenters. The number of allylic oxidation sites excluding steroid dienone is 1. The van der Waals surface area contributed by atoms with Gasteiger partial charge in [-0.2, -0.15) is 0 Å². The molecule has 0 bridgehead atoms. The lowest BCUT2D eigenvalue weighted by Gasteiger charge is -2.15. The highest BCUT2D eigenvalue weighted by Crippen LogP contribution is 2.27. The monoisotopic (exact) mass is 250 g/mol. The maximum Gasteiger partial charge on any atom is 0.319 e. The van der Waals surface area contributed by atoms with E-state index >= 15 is 0 Å². The molecule has 92 valence electrons. The van der Waals surface area contributed by atoms with E-state index < -0.39 is 0 Å². The molecule has 0 amide bonds. The van der Waals surface area contributed by atoms with E-state index in [4.69, 9.17) is 4.74 Å². The van der Waals surface area contributed by atoms with Crippen molar-refractivity contribution < 1.29 is 9.53 Å². The lowest BCUT2D eigenvalue weighted by molar-refractivity contribution is -0.142. The molecule has 0 aliphatic rings. The van der Waals surface area contributed by atoms with Crippen LogP contribution in [0, 0.1) is 0 Å². The molecule has 17 heavy (non-hydrogen) atoms. The summed E-state index contributed by atoms with van der Waals surface area (Å²) >= 11 is 1.53. The topological polar surface area (TPSA) is 26.3 Å². The summed E-state index contributed by atoms with van der Waals surface area (Å²) in [6.45, 7) is 8.03. The molecule has 2 nitrogen and oxygen atoms in total. The van der Waals surface area contributed by atoms with Gasteiger partial charge < -0.3 is 4.74 Å². The fourth-order valence-corrected chi connectivity index (χ4v) is 2.56. The Labute approximate surface area is 107 Å². The van der Waals surface area contributed by atoms with E-state index in [1.807, 2.05) is 44.2 Å². The maximum absolute atomic E-state index is 11.8. The van der Waals surface area contributed by atoms with Gasteiger partial charge in [-0.25, -0.2) is 0 Å². The third-order valence-corrected chi connectivity index (χ3v) is 3.29. The van der Waals surface area contributed by atoms with E-state index in [0.29, 0.717) is 13.0 Å². The SMILES string of the molecule is C=C(C)CC(Sc1ccccc1)C(=O)OCC. The fourth-order valence-electron chi connectivity index (χ4n) is 1.39. The Hall–Kier alpha value is -1.22. The normalized spacial score (nSPS) is 11.9. The van der Waals surface area contributed by atoms with Gasteiger partial charge in [0.25, 0.3) is 0 Å². The van der Waals surface area contributed by atoms with Gasteiger partial charge in [0.15, 0.2) is 0 Å². The Morgan fingerprint density at radius 1 is 1.41 bits per heavy atom. The summed E-state index contributed by atoms with van der Waals surface area (Å²) in [5.74, 6) is -0.163. The van der Waals surface area contributed by atoms with Crippen LogP contribution in [0.1, 0.15) is 20.3 Å². The number of benzene rings is 1. The third kappa shape index (κ3) is 5.09. The highest BCUT2D eigenvalue weighted by molar-refractivity contribution is 8.00. The van der Waals surface area contributed by atoms with Gasteiger partial charge in [-0.05, 0) is 32.4 Å². The summed E-state index contributed by atoms with van der Waals surface area (Å²) in [4.78, 5) is 12.9. The fraction of sp³-hybridized carbons (Fsp3) is 0.357. The number of ether oxygens (including phenoxy) is 1. The van der Waals surface area contributed by atoms with E-state index in [9.17, 15) is 4.79 Å². The summed E-state index contributed by atoms with van der Waals surface area (Å²) in [6, 6.07) is 9.88. The molecule has 0 saturated carbocycles. The van der Waals surface area contributed by atoms with Crippen LogP contribution in [0.2, 0.25) is 0 Å². The number of esters is 1. The lowest BCUT2D eigenvalue weighted by Crippen LogP contribution is -2.20. The molecule has 3 heteroatoms. The highest BCUT2D eigenvalue weighted by Gasteiger charge is 2.20. The first-order chi connectivity index (χ1) is 8.13. The molecule has 0 saturated heterocycles. The first kappa shape index (κ1) is 13.8. The second-order valence-electron chi connectivity index (χ2n) is 3.83. The smallest absolute Gasteiger partial charge is 0.319 e. The predicted molar refractivity (Wildman–Crippen MR) is 72.2 cm³/mol. The Morgan fingerprint density at radius 3 is 2.59 bits per heavy atom. The van der Waals surface area contributed by atoms with Crippen molar-refractivity contribution in [1.29, 1.82) is 0 Å². The molecular weight excluding hydrogens is 232 g/mol. The molecule has 1 rings (SSSR count). The van der Waals surface area contributed by atoms with E-state index in [2.05, 4.69) is 6.58 Å². The van der Waals surface area contributed by atoms with E-state index in [1.165, 1.54) is 11.8 Å². The molecule has 0 aliphatic heterocycles. The van der Waals surface area contributed by atoms with Crippen LogP contribution in [0.25, 0.3) is 0 Å². The highest BCUT2D eigenvalue weighted by atomic mass is 32.2. The molecule has 0 N–H and O–H groups in total. The van der Waals surface area contributed by atoms with E-state index in [0.717, 1.165) is 10.5 Å². The number of hydrogen-bond donors (Lipinski definition) is 0. The zero-order valence-corrected chi connectivity index (χ0v) is 11.1. The summed E-state index contributed by atoms with van der Waals surface area (Å²) in [6.07, 6.45) is 0.651. The minimum atomic E-state index is -0.199. The van der Waals surface area contributed by atoms with Gasteiger partial charge >= 0.3 is 5.97 Å². The summed E-state index contributed by atoms with van der Waals surface area (Å²) < 4.78 is 5.08. The van der Waals surface area contributed by atoms with Gasteiger partial charge in [0.1, 0.15) is 5.25 Å². The van der Waals surface area contributed by atoms with Gasteiger partial charge in [0.05, 0.1) is 6.61 Å². The van der Waals surface area contributed by atoms with Crippen molar-refractivity contribution in [3.8, 4) is 0 Å². The van der Waals surface area contributed by atoms with Gasteiger partial charge in [-0.3, -0.25) is 4.79 Å². The molecule has 0 fully saturated rings. The zero-order chi connectivity index (χ0) is 12.7. The van der Waals surface area contributed by atoms with Crippen LogP contribution in [0.5, 0.6) is 0 Å². The standard InChI is InChI=1S/C14H18O2S/c1-4-16-14(15)13(10-11(2)3)17-12-8-6-5-7-9-12/h5-9,13H,2,4,10H2,1,3H3. The molecule has 1 aromatic carbocycles. The van der Waals surface area contributed by atoms with Crippen molar-refractivity contribution >= 4 is 17.7 Å². The first-order valence-electron chi connectivity index (χ1n) is 5.66. The predicted octanol–water partition coefficient (Wildman–Crippen LogP) is 3.68. The van der Waals surface area contributed by atoms with Crippen LogP contribution in [-0.2, 0) is 9.53 Å². The van der Waals surface area contributed by atoms with Gasteiger partial charge in [-0.15, -0.1) is 18.3 Å². The largest absolute Gasteiger partial charge is 0.465 e. The molecule has 1 atom stereocenters. The molecule has 0 radical (unpaired) electrons. The Balaban J connectivity index is 2.70. The Bertz CT molecular complexity index is 373. The second-order valence-corrected chi connectivity index (χ2v) is 5.11. The third-order valence-electron chi connectivity index (χ3n) is 2.10. The summed E-state index contributed by atoms with van der Waals surface area (Å²) in [5, 5.41) is -0.199. The molecule has 0 spiro atoms. The minimum absolute atomic E-state index is 0.163. The van der Waals surface area contributed by atoms with Crippen LogP contribution in [0.15, 0.2) is 47.4 Å². The number of thioether (sulfide) groups is 1. The van der Waals surface area contributed by atoms with Crippen molar-refractivity contribution in [1.82, 2.24) is 0 Å². The van der Waals surface area contributed by atoms with Crippen molar-refractivity contribution in [3.05, 3.63) is 42.5 Å². The quantitative estimate of drug-likeness (QED) is 0.438. The van der Waals surface area contributed by atoms with E-state index in [-0.39, 0.29) is 11.2 Å². The van der Waals surface area contributed by atoms with Crippen molar-refractivity contribution in [2.45, 2.75) is 30.4 Å². The lowest BCUT2D eigenvalue weighted by atomic mass is 10.2. The zero-order valence-electron chi connectivity index (χ0n) is 10.3. The van der Waals surface area contributed by atoms with Crippen LogP contribution in [0.3, 0.4) is 0 Å². The molecule has 0 aliphatic carbocycles. The van der Waals surface area contributed by atoms with Crippen LogP contribution < -0.4 is 0 Å². The molecule has 0 heterocycles. The average molecular weight is 250 g/mol. The van der Waals surface area contributed by atoms with Crippen molar-refractivity contribution in [2.75, 3.05) is 6.61 Å². The Morgan fingerprint density at radius 2 is 2.06 bits per heavy atom. The second kappa shape index (κ2) is 7.17. The molecule has 0 aromatic heterocycles. The van der Waals surface area contributed by atoms with Crippen molar-refractivity contribution in [2.24, 2.45) is 0 Å². The van der Waals surface area contributed by atoms with Crippen molar-refractivity contribution in [3.63, 3.8) is 0 Å². The van der Waals surface area contributed by atoms with E-state index in [1.54, 1.807) is 0 Å². The van der Waals surface area contributed by atoms with Crippen LogP contribution >= 0.6 is 11.8 Å². The number of rotatable bonds is 6. The number of carbonyl (C=O) groups is 1. The summed E-state index contributed by atoms with van der Waals surface area (Å²) in [5.41, 5.74) is 0.992. The number of hydrogen-bond acceptors (Lipinski definition) is 3. The van der Waals surface area contributed by atoms with Gasteiger partial charge in [-0.1, -0.05) is 23.8 Å². The first-order valence-corrected chi connectivity index (χ1v) is 6.54. The van der Waals surface area contributed by atoms with Gasteiger partial charge in [0.2, 0.25) is 0 Å². The van der Waals surface area contributed by atoms with Crippen LogP contribution in [-0.4, -0.2) is 17.8 Å². The Kier molecular flexibility index (Phi) is 5.84. The molecular formula is C14H18O2S. The maximum atomic E-state index is 11.8. The number of carbonyl (C=O) groups excluding carboxylic acids is 1. The molecule has 1 aromatic rings.